The van der Waals surface area contributed by atoms with Crippen LogP contribution in [0.1, 0.15) is 0 Å². The average molecular weight is 449 g/mol. The molecule has 2 heteroatoms. The minimum absolute atomic E-state index is 0.277. The number of benzene rings is 6. The minimum Gasteiger partial charge on any atom is -0.507 e. The minimum atomic E-state index is 0.277. The lowest BCUT2D eigenvalue weighted by Crippen LogP contribution is -1.89. The van der Waals surface area contributed by atoms with E-state index in [0.29, 0.717) is 0 Å². The molecule has 0 heterocycles. The molecule has 6 aromatic rings. The molecular formula is C28H17BrO. The Balaban J connectivity index is 1.95. The van der Waals surface area contributed by atoms with E-state index in [0.717, 1.165) is 21.0 Å². The second-order valence-corrected chi connectivity index (χ2v) is 8.47. The van der Waals surface area contributed by atoms with Crippen LogP contribution < -0.4 is 0 Å². The van der Waals surface area contributed by atoms with Crippen LogP contribution in [0.4, 0.5) is 0 Å². The molecule has 142 valence electrons. The molecule has 0 radical (unpaired) electrons. The average Bonchev–Trinajstić information content (AvgIpc) is 2.79. The van der Waals surface area contributed by atoms with E-state index in [1.54, 1.807) is 6.07 Å². The lowest BCUT2D eigenvalue weighted by atomic mass is 9.87. The van der Waals surface area contributed by atoms with Gasteiger partial charge in [-0.1, -0.05) is 94.8 Å². The van der Waals surface area contributed by atoms with Crippen molar-refractivity contribution in [1.29, 1.82) is 0 Å². The Bertz CT molecular complexity index is 1590. The van der Waals surface area contributed by atoms with Crippen LogP contribution >= 0.6 is 15.9 Å². The van der Waals surface area contributed by atoms with Crippen LogP contribution in [-0.4, -0.2) is 5.11 Å². The smallest absolute Gasteiger partial charge is 0.124 e. The topological polar surface area (TPSA) is 20.2 Å². The molecule has 6 aromatic carbocycles. The quantitative estimate of drug-likeness (QED) is 0.250. The standard InChI is InChI=1S/C28H17BrO/c29-25-14-7-15-26(30)28(25)24-16-23-19-10-2-1-8-17(19)18-9-3-5-12-21(18)27(23)22-13-6-4-11-20(22)24/h1-16,30H. The van der Waals surface area contributed by atoms with Gasteiger partial charge in [0.1, 0.15) is 5.75 Å². The fourth-order valence-electron chi connectivity index (χ4n) is 4.75. The molecule has 1 nitrogen and oxygen atoms in total. The third-order valence-corrected chi connectivity index (χ3v) is 6.67. The molecule has 1 N–H and O–H groups in total. The second-order valence-electron chi connectivity index (χ2n) is 7.62. The molecule has 0 aliphatic carbocycles. The SMILES string of the molecule is Oc1cccc(Br)c1-c1cc2c3ccccc3c3ccccc3c2c2ccccc12. The van der Waals surface area contributed by atoms with Gasteiger partial charge in [-0.3, -0.25) is 0 Å². The van der Waals surface area contributed by atoms with E-state index >= 15 is 0 Å². The maximum atomic E-state index is 10.7. The van der Waals surface area contributed by atoms with Crippen molar-refractivity contribution in [3.05, 3.63) is 102 Å². The summed E-state index contributed by atoms with van der Waals surface area (Å²) in [6.07, 6.45) is 0. The van der Waals surface area contributed by atoms with Crippen LogP contribution in [0.2, 0.25) is 0 Å². The van der Waals surface area contributed by atoms with Gasteiger partial charge in [-0.25, -0.2) is 0 Å². The lowest BCUT2D eigenvalue weighted by Gasteiger charge is -2.17. The van der Waals surface area contributed by atoms with Crippen LogP contribution in [0.3, 0.4) is 0 Å². The van der Waals surface area contributed by atoms with Gasteiger partial charge in [0.25, 0.3) is 0 Å². The predicted octanol–water partition coefficient (Wildman–Crippen LogP) is 8.43. The molecule has 0 aliphatic heterocycles. The molecule has 0 amide bonds. The number of rotatable bonds is 1. The van der Waals surface area contributed by atoms with E-state index in [9.17, 15) is 5.11 Å². The zero-order valence-corrected chi connectivity index (χ0v) is 17.6. The third-order valence-electron chi connectivity index (χ3n) is 6.01. The molecule has 30 heavy (non-hydrogen) atoms. The molecule has 0 spiro atoms. The monoisotopic (exact) mass is 448 g/mol. The summed E-state index contributed by atoms with van der Waals surface area (Å²) < 4.78 is 0.886. The van der Waals surface area contributed by atoms with Crippen molar-refractivity contribution in [3.63, 3.8) is 0 Å². The fourth-order valence-corrected chi connectivity index (χ4v) is 5.32. The van der Waals surface area contributed by atoms with Gasteiger partial charge in [-0.05, 0) is 66.9 Å². The summed E-state index contributed by atoms with van der Waals surface area (Å²) >= 11 is 3.66. The van der Waals surface area contributed by atoms with Crippen molar-refractivity contribution in [2.45, 2.75) is 0 Å². The number of aromatic hydroxyl groups is 1. The number of phenolic OH excluding ortho intramolecular Hbond substituents is 1. The molecule has 0 atom stereocenters. The number of phenols is 1. The molecule has 0 aliphatic rings. The van der Waals surface area contributed by atoms with Crippen LogP contribution in [0.15, 0.2) is 102 Å². The maximum Gasteiger partial charge on any atom is 0.124 e. The summed E-state index contributed by atoms with van der Waals surface area (Å²) in [5, 5.41) is 20.5. The summed E-state index contributed by atoms with van der Waals surface area (Å²) in [5.41, 5.74) is 1.86. The van der Waals surface area contributed by atoms with E-state index in [1.165, 1.54) is 37.7 Å². The van der Waals surface area contributed by atoms with Crippen LogP contribution in [0.25, 0.3) is 54.2 Å². The Hall–Kier alpha value is -3.36. The summed E-state index contributed by atoms with van der Waals surface area (Å²) in [7, 11) is 0. The van der Waals surface area contributed by atoms with Crippen molar-refractivity contribution in [1.82, 2.24) is 0 Å². The second kappa shape index (κ2) is 6.58. The van der Waals surface area contributed by atoms with Gasteiger partial charge >= 0.3 is 0 Å². The van der Waals surface area contributed by atoms with Gasteiger partial charge < -0.3 is 5.11 Å². The van der Waals surface area contributed by atoms with Crippen molar-refractivity contribution in [2.75, 3.05) is 0 Å². The highest BCUT2D eigenvalue weighted by Crippen LogP contribution is 2.45. The van der Waals surface area contributed by atoms with E-state index in [2.05, 4.69) is 94.8 Å². The van der Waals surface area contributed by atoms with E-state index in [1.807, 2.05) is 12.1 Å². The first kappa shape index (κ1) is 17.5. The predicted molar refractivity (Wildman–Crippen MR) is 131 cm³/mol. The Morgan fingerprint density at radius 3 is 1.63 bits per heavy atom. The van der Waals surface area contributed by atoms with Gasteiger partial charge in [0.2, 0.25) is 0 Å². The van der Waals surface area contributed by atoms with Gasteiger partial charge in [0.15, 0.2) is 0 Å². The molecular weight excluding hydrogens is 432 g/mol. The van der Waals surface area contributed by atoms with Gasteiger partial charge in [0.05, 0.1) is 0 Å². The van der Waals surface area contributed by atoms with Crippen LogP contribution in [-0.2, 0) is 0 Å². The Morgan fingerprint density at radius 2 is 1.00 bits per heavy atom. The number of fused-ring (bicyclic) bond motifs is 8. The highest BCUT2D eigenvalue weighted by molar-refractivity contribution is 9.10. The summed E-state index contributed by atoms with van der Waals surface area (Å²) in [5.74, 6) is 0.277. The highest BCUT2D eigenvalue weighted by Gasteiger charge is 2.17. The van der Waals surface area contributed by atoms with Crippen molar-refractivity contribution in [3.8, 4) is 16.9 Å². The molecule has 0 bridgehead atoms. The number of hydrogen-bond donors (Lipinski definition) is 1. The summed E-state index contributed by atoms with van der Waals surface area (Å²) in [6, 6.07) is 33.5. The van der Waals surface area contributed by atoms with Crippen molar-refractivity contribution >= 4 is 59.0 Å². The molecule has 0 unspecified atom stereocenters. The molecule has 6 rings (SSSR count). The Kier molecular flexibility index (Phi) is 3.84. The molecule has 0 saturated heterocycles. The first-order valence-corrected chi connectivity index (χ1v) is 10.8. The van der Waals surface area contributed by atoms with Gasteiger partial charge in [-0.15, -0.1) is 0 Å². The van der Waals surface area contributed by atoms with E-state index in [4.69, 9.17) is 0 Å². The van der Waals surface area contributed by atoms with Gasteiger partial charge in [0, 0.05) is 10.0 Å². The number of hydrogen-bond acceptors (Lipinski definition) is 1. The summed E-state index contributed by atoms with van der Waals surface area (Å²) in [4.78, 5) is 0. The van der Waals surface area contributed by atoms with Crippen LogP contribution in [0, 0.1) is 0 Å². The highest BCUT2D eigenvalue weighted by atomic mass is 79.9. The van der Waals surface area contributed by atoms with Crippen molar-refractivity contribution < 1.29 is 5.11 Å². The Labute approximate surface area is 182 Å². The first-order valence-electron chi connectivity index (χ1n) is 9.97. The maximum absolute atomic E-state index is 10.7. The lowest BCUT2D eigenvalue weighted by molar-refractivity contribution is 0.477. The van der Waals surface area contributed by atoms with Crippen molar-refractivity contribution in [2.24, 2.45) is 0 Å². The largest absolute Gasteiger partial charge is 0.507 e. The van der Waals surface area contributed by atoms with E-state index in [-0.39, 0.29) is 5.75 Å². The van der Waals surface area contributed by atoms with E-state index < -0.39 is 0 Å². The molecule has 0 fully saturated rings. The van der Waals surface area contributed by atoms with Gasteiger partial charge in [-0.2, -0.15) is 0 Å². The third kappa shape index (κ3) is 2.41. The molecule has 0 aromatic heterocycles. The zero-order valence-electron chi connectivity index (χ0n) is 16.1. The normalized spacial score (nSPS) is 11.6. The summed E-state index contributed by atoms with van der Waals surface area (Å²) in [6.45, 7) is 0. The Morgan fingerprint density at radius 1 is 0.500 bits per heavy atom. The fraction of sp³-hybridized carbons (Fsp3) is 0. The zero-order chi connectivity index (χ0) is 20.2. The number of halogens is 1. The molecule has 0 saturated carbocycles. The van der Waals surface area contributed by atoms with Crippen LogP contribution in [0.5, 0.6) is 5.75 Å². The first-order chi connectivity index (χ1) is 14.7.